The number of hydrogen-bond donors (Lipinski definition) is 1. The molecule has 0 bridgehead atoms. The lowest BCUT2D eigenvalue weighted by atomic mass is 10.1. The predicted molar refractivity (Wildman–Crippen MR) is 80.8 cm³/mol. The van der Waals surface area contributed by atoms with Gasteiger partial charge in [0, 0.05) is 4.88 Å². The van der Waals surface area contributed by atoms with Gasteiger partial charge in [-0.15, -0.1) is 16.4 Å². The number of rotatable bonds is 6. The molecule has 2 rings (SSSR count). The van der Waals surface area contributed by atoms with E-state index in [1.165, 1.54) is 22.3 Å². The van der Waals surface area contributed by atoms with E-state index in [-0.39, 0.29) is 19.1 Å². The Morgan fingerprint density at radius 3 is 2.77 bits per heavy atom. The standard InChI is InChI=1S/C13H17N5O3S/c1-4-9-8(3)22-12(11(9)13(20)21-5-2)15-10(19)6-18-7-14-16-17-18/h7H,4-6H2,1-3H3,(H,15,19). The van der Waals surface area contributed by atoms with Crippen molar-refractivity contribution in [1.29, 1.82) is 0 Å². The number of carbonyl (C=O) groups excluding carboxylic acids is 2. The third kappa shape index (κ3) is 3.48. The number of ether oxygens (including phenoxy) is 1. The van der Waals surface area contributed by atoms with Crippen LogP contribution in [-0.4, -0.2) is 38.7 Å². The third-order valence-corrected chi connectivity index (χ3v) is 4.05. The second-order valence-corrected chi connectivity index (χ2v) is 5.70. The minimum atomic E-state index is -0.415. The molecule has 0 aliphatic carbocycles. The molecule has 1 N–H and O–H groups in total. The Bertz CT molecular complexity index is 666. The summed E-state index contributed by atoms with van der Waals surface area (Å²) in [5.74, 6) is -0.719. The molecule has 2 aromatic rings. The van der Waals surface area contributed by atoms with Gasteiger partial charge in [-0.3, -0.25) is 4.79 Å². The van der Waals surface area contributed by atoms with E-state index in [1.807, 2.05) is 13.8 Å². The summed E-state index contributed by atoms with van der Waals surface area (Å²) < 4.78 is 6.40. The molecule has 0 spiro atoms. The van der Waals surface area contributed by atoms with Crippen LogP contribution in [0.1, 0.15) is 34.6 Å². The maximum absolute atomic E-state index is 12.2. The van der Waals surface area contributed by atoms with Gasteiger partial charge in [0.15, 0.2) is 0 Å². The van der Waals surface area contributed by atoms with Crippen molar-refractivity contribution in [3.05, 3.63) is 22.3 Å². The van der Waals surface area contributed by atoms with E-state index < -0.39 is 5.97 Å². The van der Waals surface area contributed by atoms with Crippen LogP contribution in [0.3, 0.4) is 0 Å². The summed E-state index contributed by atoms with van der Waals surface area (Å²) >= 11 is 1.37. The number of hydrogen-bond acceptors (Lipinski definition) is 7. The predicted octanol–water partition coefficient (Wildman–Crippen LogP) is 1.42. The highest BCUT2D eigenvalue weighted by atomic mass is 32.1. The van der Waals surface area contributed by atoms with Crippen molar-refractivity contribution in [3.8, 4) is 0 Å². The molecule has 0 unspecified atom stereocenters. The first kappa shape index (κ1) is 16.1. The summed E-state index contributed by atoms with van der Waals surface area (Å²) in [7, 11) is 0. The van der Waals surface area contributed by atoms with Crippen LogP contribution in [-0.2, 0) is 22.5 Å². The maximum atomic E-state index is 12.2. The molecule has 0 saturated carbocycles. The van der Waals surface area contributed by atoms with E-state index in [4.69, 9.17) is 4.74 Å². The highest BCUT2D eigenvalue weighted by Crippen LogP contribution is 2.34. The highest BCUT2D eigenvalue weighted by molar-refractivity contribution is 7.16. The van der Waals surface area contributed by atoms with E-state index >= 15 is 0 Å². The molecule has 0 aliphatic rings. The highest BCUT2D eigenvalue weighted by Gasteiger charge is 2.23. The maximum Gasteiger partial charge on any atom is 0.341 e. The molecular weight excluding hydrogens is 306 g/mol. The zero-order chi connectivity index (χ0) is 16.1. The van der Waals surface area contributed by atoms with Crippen molar-refractivity contribution < 1.29 is 14.3 Å². The van der Waals surface area contributed by atoms with Gasteiger partial charge in [-0.2, -0.15) is 0 Å². The molecule has 9 heteroatoms. The minimum Gasteiger partial charge on any atom is -0.462 e. The summed E-state index contributed by atoms with van der Waals surface area (Å²) in [5.41, 5.74) is 1.35. The van der Waals surface area contributed by atoms with E-state index in [0.29, 0.717) is 17.0 Å². The SMILES string of the molecule is CCOC(=O)c1c(NC(=O)Cn2cnnn2)sc(C)c1CC. The third-order valence-electron chi connectivity index (χ3n) is 2.99. The molecule has 8 nitrogen and oxygen atoms in total. The molecule has 0 atom stereocenters. The number of amides is 1. The van der Waals surface area contributed by atoms with Crippen molar-refractivity contribution in [2.75, 3.05) is 11.9 Å². The monoisotopic (exact) mass is 323 g/mol. The molecule has 0 radical (unpaired) electrons. The van der Waals surface area contributed by atoms with E-state index in [2.05, 4.69) is 20.8 Å². The topological polar surface area (TPSA) is 99.0 Å². The van der Waals surface area contributed by atoms with Gasteiger partial charge in [-0.25, -0.2) is 9.48 Å². The van der Waals surface area contributed by atoms with Gasteiger partial charge >= 0.3 is 5.97 Å². The van der Waals surface area contributed by atoms with Gasteiger partial charge in [-0.1, -0.05) is 6.92 Å². The Morgan fingerprint density at radius 2 is 2.18 bits per heavy atom. The number of thiophene rings is 1. The molecule has 118 valence electrons. The number of aromatic nitrogens is 4. The molecule has 22 heavy (non-hydrogen) atoms. The summed E-state index contributed by atoms with van der Waals surface area (Å²) in [6, 6.07) is 0. The summed E-state index contributed by atoms with van der Waals surface area (Å²) in [4.78, 5) is 25.2. The van der Waals surface area contributed by atoms with Gasteiger partial charge in [0.25, 0.3) is 0 Å². The number of esters is 1. The van der Waals surface area contributed by atoms with Crippen LogP contribution in [0.2, 0.25) is 0 Å². The lowest BCUT2D eigenvalue weighted by Crippen LogP contribution is -2.20. The average Bonchev–Trinajstić information content (AvgIpc) is 3.06. The van der Waals surface area contributed by atoms with Crippen LogP contribution in [0.25, 0.3) is 0 Å². The normalized spacial score (nSPS) is 10.5. The number of carbonyl (C=O) groups is 2. The second-order valence-electron chi connectivity index (χ2n) is 4.47. The molecule has 2 aromatic heterocycles. The van der Waals surface area contributed by atoms with Crippen molar-refractivity contribution in [1.82, 2.24) is 20.2 Å². The van der Waals surface area contributed by atoms with Gasteiger partial charge in [0.2, 0.25) is 5.91 Å². The Labute approximate surface area is 131 Å². The first-order valence-corrected chi connectivity index (χ1v) is 7.68. The number of tetrazole rings is 1. The Kier molecular flexibility index (Phi) is 5.21. The number of nitrogens with one attached hydrogen (secondary N) is 1. The summed E-state index contributed by atoms with van der Waals surface area (Å²) in [6.45, 7) is 5.90. The molecule has 0 saturated heterocycles. The van der Waals surface area contributed by atoms with E-state index in [9.17, 15) is 9.59 Å². The number of nitrogens with zero attached hydrogens (tertiary/aromatic N) is 4. The molecule has 0 aromatic carbocycles. The van der Waals surface area contributed by atoms with Crippen LogP contribution in [0, 0.1) is 6.92 Å². The molecular formula is C13H17N5O3S. The second kappa shape index (κ2) is 7.12. The van der Waals surface area contributed by atoms with Gasteiger partial charge in [-0.05, 0) is 36.3 Å². The first-order chi connectivity index (χ1) is 10.6. The fourth-order valence-electron chi connectivity index (χ4n) is 2.08. The fraction of sp³-hybridized carbons (Fsp3) is 0.462. The Morgan fingerprint density at radius 1 is 1.41 bits per heavy atom. The van der Waals surface area contributed by atoms with Crippen LogP contribution in [0.15, 0.2) is 6.33 Å². The van der Waals surface area contributed by atoms with E-state index in [1.54, 1.807) is 6.92 Å². The lowest BCUT2D eigenvalue weighted by molar-refractivity contribution is -0.116. The smallest absolute Gasteiger partial charge is 0.341 e. The van der Waals surface area contributed by atoms with Crippen molar-refractivity contribution in [2.45, 2.75) is 33.7 Å². The number of anilines is 1. The zero-order valence-electron chi connectivity index (χ0n) is 12.6. The molecule has 0 fully saturated rings. The van der Waals surface area contributed by atoms with Gasteiger partial charge in [0.1, 0.15) is 17.9 Å². The van der Waals surface area contributed by atoms with Crippen molar-refractivity contribution >= 4 is 28.2 Å². The van der Waals surface area contributed by atoms with Crippen LogP contribution in [0.4, 0.5) is 5.00 Å². The Balaban J connectivity index is 2.22. The van der Waals surface area contributed by atoms with Gasteiger partial charge in [0.05, 0.1) is 12.2 Å². The van der Waals surface area contributed by atoms with Crippen molar-refractivity contribution in [2.24, 2.45) is 0 Å². The van der Waals surface area contributed by atoms with Crippen LogP contribution in [0.5, 0.6) is 0 Å². The lowest BCUT2D eigenvalue weighted by Gasteiger charge is -2.07. The fourth-order valence-corrected chi connectivity index (χ4v) is 3.23. The molecule has 1 amide bonds. The molecule has 2 heterocycles. The van der Waals surface area contributed by atoms with Crippen molar-refractivity contribution in [3.63, 3.8) is 0 Å². The van der Waals surface area contributed by atoms with Gasteiger partial charge < -0.3 is 10.1 Å². The summed E-state index contributed by atoms with van der Waals surface area (Å²) in [6.07, 6.45) is 2.04. The minimum absolute atomic E-state index is 0.0202. The van der Waals surface area contributed by atoms with E-state index in [0.717, 1.165) is 10.4 Å². The average molecular weight is 323 g/mol. The quantitative estimate of drug-likeness (QED) is 0.807. The zero-order valence-corrected chi connectivity index (χ0v) is 13.4. The number of aryl methyl sites for hydroxylation is 1. The molecule has 0 aliphatic heterocycles. The van der Waals surface area contributed by atoms with Crippen LogP contribution >= 0.6 is 11.3 Å². The largest absolute Gasteiger partial charge is 0.462 e. The van der Waals surface area contributed by atoms with Crippen LogP contribution < -0.4 is 5.32 Å². The summed E-state index contributed by atoms with van der Waals surface area (Å²) in [5, 5.41) is 13.8. The Hall–Kier alpha value is -2.29. The first-order valence-electron chi connectivity index (χ1n) is 6.86.